The second kappa shape index (κ2) is 5.75. The topological polar surface area (TPSA) is 35.5 Å². The lowest BCUT2D eigenvalue weighted by Crippen LogP contribution is -2.07. The van der Waals surface area contributed by atoms with Gasteiger partial charge in [0.1, 0.15) is 5.75 Å². The minimum Gasteiger partial charge on any atom is -0.496 e. The first kappa shape index (κ1) is 12.8. The van der Waals surface area contributed by atoms with Gasteiger partial charge in [-0.2, -0.15) is 0 Å². The van der Waals surface area contributed by atoms with E-state index >= 15 is 0 Å². The summed E-state index contributed by atoms with van der Waals surface area (Å²) in [4.78, 5) is 11.6. The van der Waals surface area contributed by atoms with Gasteiger partial charge < -0.3 is 9.47 Å². The fourth-order valence-corrected chi connectivity index (χ4v) is 1.68. The van der Waals surface area contributed by atoms with E-state index in [-0.39, 0.29) is 5.97 Å². The van der Waals surface area contributed by atoms with Gasteiger partial charge in [0, 0.05) is 5.56 Å². The molecule has 0 amide bonds. The summed E-state index contributed by atoms with van der Waals surface area (Å²) in [5.74, 6) is 0.635. The Labute approximate surface area is 100 Å². The van der Waals surface area contributed by atoms with Crippen LogP contribution >= 0.6 is 11.6 Å². The van der Waals surface area contributed by atoms with Crippen LogP contribution in [0.25, 0.3) is 0 Å². The highest BCUT2D eigenvalue weighted by atomic mass is 35.5. The molecule has 0 aromatic heterocycles. The molecule has 1 rings (SSSR count). The predicted molar refractivity (Wildman–Crippen MR) is 63.2 cm³/mol. The second-order valence-electron chi connectivity index (χ2n) is 3.33. The number of ether oxygens (including phenoxy) is 2. The van der Waals surface area contributed by atoms with Gasteiger partial charge >= 0.3 is 5.97 Å². The van der Waals surface area contributed by atoms with Crippen LogP contribution < -0.4 is 4.74 Å². The molecule has 0 aliphatic carbocycles. The molecule has 0 heterocycles. The Hall–Kier alpha value is -1.22. The average molecular weight is 243 g/mol. The molecule has 3 nitrogen and oxygen atoms in total. The maximum atomic E-state index is 11.6. The molecule has 0 aliphatic heterocycles. The molecule has 0 spiro atoms. The number of rotatable bonds is 4. The summed E-state index contributed by atoms with van der Waals surface area (Å²) >= 11 is 5.78. The van der Waals surface area contributed by atoms with Crippen molar-refractivity contribution in [2.75, 3.05) is 13.7 Å². The summed E-state index contributed by atoms with van der Waals surface area (Å²) in [7, 11) is 1.55. The normalized spacial score (nSPS) is 10.0. The van der Waals surface area contributed by atoms with Gasteiger partial charge in [-0.25, -0.2) is 4.79 Å². The van der Waals surface area contributed by atoms with E-state index in [9.17, 15) is 4.79 Å². The molecule has 1 aromatic carbocycles. The van der Waals surface area contributed by atoms with E-state index in [4.69, 9.17) is 21.1 Å². The van der Waals surface area contributed by atoms with Crippen molar-refractivity contribution in [2.24, 2.45) is 0 Å². The molecular formula is C12H15ClO3. The van der Waals surface area contributed by atoms with Crippen molar-refractivity contribution in [2.45, 2.75) is 19.7 Å². The van der Waals surface area contributed by atoms with Crippen molar-refractivity contribution in [3.05, 3.63) is 28.8 Å². The number of benzene rings is 1. The number of hydrogen-bond acceptors (Lipinski definition) is 3. The lowest BCUT2D eigenvalue weighted by Gasteiger charge is -2.11. The van der Waals surface area contributed by atoms with Crippen molar-refractivity contribution < 1.29 is 14.3 Å². The monoisotopic (exact) mass is 242 g/mol. The van der Waals surface area contributed by atoms with Gasteiger partial charge in [0.2, 0.25) is 0 Å². The predicted octanol–water partition coefficient (Wildman–Crippen LogP) is 2.92. The summed E-state index contributed by atoms with van der Waals surface area (Å²) in [6.45, 7) is 3.98. The standard InChI is InChI=1S/C12H15ClO3/c1-4-16-12(14)10-6-11(15-3)9(7-13)5-8(10)2/h5-6H,4,7H2,1-3H3. The van der Waals surface area contributed by atoms with Crippen LogP contribution in [0.15, 0.2) is 12.1 Å². The van der Waals surface area contributed by atoms with Crippen molar-refractivity contribution in [3.8, 4) is 5.75 Å². The molecule has 0 aliphatic rings. The number of hydrogen-bond donors (Lipinski definition) is 0. The molecule has 16 heavy (non-hydrogen) atoms. The van der Waals surface area contributed by atoms with Gasteiger partial charge in [0.25, 0.3) is 0 Å². The Balaban J connectivity index is 3.15. The zero-order chi connectivity index (χ0) is 12.1. The molecule has 0 saturated carbocycles. The number of esters is 1. The smallest absolute Gasteiger partial charge is 0.338 e. The van der Waals surface area contributed by atoms with E-state index in [1.165, 1.54) is 0 Å². The van der Waals surface area contributed by atoms with Gasteiger partial charge in [-0.05, 0) is 25.5 Å². The third-order valence-corrected chi connectivity index (χ3v) is 2.55. The SMILES string of the molecule is CCOC(=O)c1cc(OC)c(CCl)cc1C. The molecule has 0 atom stereocenters. The Morgan fingerprint density at radius 3 is 2.62 bits per heavy atom. The molecule has 0 fully saturated rings. The maximum Gasteiger partial charge on any atom is 0.338 e. The summed E-state index contributed by atoms with van der Waals surface area (Å²) in [5.41, 5.74) is 2.23. The molecule has 0 radical (unpaired) electrons. The molecule has 4 heteroatoms. The number of alkyl halides is 1. The zero-order valence-electron chi connectivity index (χ0n) is 9.67. The van der Waals surface area contributed by atoms with Gasteiger partial charge in [-0.3, -0.25) is 0 Å². The number of halogens is 1. The molecule has 0 bridgehead atoms. The van der Waals surface area contributed by atoms with Crippen LogP contribution in [0, 0.1) is 6.92 Å². The van der Waals surface area contributed by atoms with E-state index in [0.29, 0.717) is 23.8 Å². The quantitative estimate of drug-likeness (QED) is 0.602. The largest absolute Gasteiger partial charge is 0.496 e. The van der Waals surface area contributed by atoms with Crippen molar-refractivity contribution >= 4 is 17.6 Å². The third kappa shape index (κ3) is 2.67. The molecular weight excluding hydrogens is 228 g/mol. The summed E-state index contributed by atoms with van der Waals surface area (Å²) in [6.07, 6.45) is 0. The van der Waals surface area contributed by atoms with Crippen LogP contribution in [0.2, 0.25) is 0 Å². The Morgan fingerprint density at radius 1 is 1.44 bits per heavy atom. The van der Waals surface area contributed by atoms with Crippen molar-refractivity contribution in [1.29, 1.82) is 0 Å². The van der Waals surface area contributed by atoms with E-state index in [1.807, 2.05) is 13.0 Å². The second-order valence-corrected chi connectivity index (χ2v) is 3.60. The van der Waals surface area contributed by atoms with Crippen molar-refractivity contribution in [3.63, 3.8) is 0 Å². The van der Waals surface area contributed by atoms with Gasteiger partial charge in [0.05, 0.1) is 25.2 Å². The Morgan fingerprint density at radius 2 is 2.12 bits per heavy atom. The van der Waals surface area contributed by atoms with Gasteiger partial charge in [-0.1, -0.05) is 6.07 Å². The van der Waals surface area contributed by atoms with Gasteiger partial charge in [-0.15, -0.1) is 11.6 Å². The van der Waals surface area contributed by atoms with E-state index < -0.39 is 0 Å². The van der Waals surface area contributed by atoms with Gasteiger partial charge in [0.15, 0.2) is 0 Å². The Kier molecular flexibility index (Phi) is 4.62. The first-order chi connectivity index (χ1) is 7.63. The zero-order valence-corrected chi connectivity index (χ0v) is 10.4. The van der Waals surface area contributed by atoms with Crippen LogP contribution in [0.3, 0.4) is 0 Å². The molecule has 0 saturated heterocycles. The first-order valence-electron chi connectivity index (χ1n) is 5.04. The molecule has 1 aromatic rings. The molecule has 88 valence electrons. The Bertz CT molecular complexity index is 388. The lowest BCUT2D eigenvalue weighted by molar-refractivity contribution is 0.0525. The van der Waals surface area contributed by atoms with Crippen LogP contribution in [0.1, 0.15) is 28.4 Å². The molecule has 0 unspecified atom stereocenters. The summed E-state index contributed by atoms with van der Waals surface area (Å²) < 4.78 is 10.1. The minimum absolute atomic E-state index is 0.334. The summed E-state index contributed by atoms with van der Waals surface area (Å²) in [6, 6.07) is 3.52. The fraction of sp³-hybridized carbons (Fsp3) is 0.417. The van der Waals surface area contributed by atoms with Crippen LogP contribution in [0.4, 0.5) is 0 Å². The highest BCUT2D eigenvalue weighted by Gasteiger charge is 2.14. The first-order valence-corrected chi connectivity index (χ1v) is 5.58. The number of aryl methyl sites for hydroxylation is 1. The lowest BCUT2D eigenvalue weighted by atomic mass is 10.0. The minimum atomic E-state index is -0.334. The number of carbonyl (C=O) groups excluding carboxylic acids is 1. The van der Waals surface area contributed by atoms with E-state index in [2.05, 4.69) is 0 Å². The average Bonchev–Trinajstić information content (AvgIpc) is 2.28. The third-order valence-electron chi connectivity index (χ3n) is 2.27. The number of methoxy groups -OCH3 is 1. The van der Waals surface area contributed by atoms with E-state index in [0.717, 1.165) is 11.1 Å². The van der Waals surface area contributed by atoms with Crippen LogP contribution in [-0.2, 0) is 10.6 Å². The van der Waals surface area contributed by atoms with Crippen LogP contribution in [-0.4, -0.2) is 19.7 Å². The highest BCUT2D eigenvalue weighted by molar-refractivity contribution is 6.17. The van der Waals surface area contributed by atoms with Crippen molar-refractivity contribution in [1.82, 2.24) is 0 Å². The van der Waals surface area contributed by atoms with Crippen LogP contribution in [0.5, 0.6) is 5.75 Å². The highest BCUT2D eigenvalue weighted by Crippen LogP contribution is 2.25. The molecule has 0 N–H and O–H groups in total. The summed E-state index contributed by atoms with van der Waals surface area (Å²) in [5, 5.41) is 0. The number of carbonyl (C=O) groups is 1. The maximum absolute atomic E-state index is 11.6. The fourth-order valence-electron chi connectivity index (χ4n) is 1.47. The van der Waals surface area contributed by atoms with E-state index in [1.54, 1.807) is 20.1 Å².